The Labute approximate surface area is 100 Å². The Morgan fingerprint density at radius 2 is 2.33 bits per heavy atom. The van der Waals surface area contributed by atoms with Crippen molar-refractivity contribution in [2.24, 2.45) is 0 Å². The van der Waals surface area contributed by atoms with Gasteiger partial charge in [-0.15, -0.1) is 11.8 Å². The first kappa shape index (κ1) is 11.4. The molecule has 1 unspecified atom stereocenters. The number of nitrogens with one attached hydrogen (secondary N) is 1. The van der Waals surface area contributed by atoms with Crippen molar-refractivity contribution >= 4 is 23.5 Å². The molecule has 1 aromatic rings. The lowest BCUT2D eigenvalue weighted by Gasteiger charge is -2.17. The summed E-state index contributed by atoms with van der Waals surface area (Å²) in [7, 11) is 2.07. The first-order valence-corrected chi connectivity index (χ1v) is 7.65. The third-order valence-corrected chi connectivity index (χ3v) is 4.65. The molecule has 1 heterocycles. The van der Waals surface area contributed by atoms with Crippen molar-refractivity contribution in [3.8, 4) is 0 Å². The molecule has 0 fully saturated rings. The second kappa shape index (κ2) is 5.28. The van der Waals surface area contributed by atoms with Gasteiger partial charge in [0.15, 0.2) is 0 Å². The molecule has 0 aromatic heterocycles. The first-order valence-electron chi connectivity index (χ1n) is 5.27. The lowest BCUT2D eigenvalue weighted by Crippen LogP contribution is -2.17. The van der Waals surface area contributed by atoms with Crippen molar-refractivity contribution < 1.29 is 0 Å². The maximum absolute atomic E-state index is 3.43. The molecule has 0 amide bonds. The van der Waals surface area contributed by atoms with Crippen LogP contribution in [0.3, 0.4) is 0 Å². The van der Waals surface area contributed by atoms with E-state index in [1.165, 1.54) is 33.9 Å². The van der Waals surface area contributed by atoms with Crippen molar-refractivity contribution in [2.45, 2.75) is 23.1 Å². The molecule has 0 radical (unpaired) electrons. The fourth-order valence-corrected chi connectivity index (χ4v) is 3.47. The molecule has 0 saturated heterocycles. The fourth-order valence-electron chi connectivity index (χ4n) is 1.99. The van der Waals surface area contributed by atoms with Crippen molar-refractivity contribution in [3.05, 3.63) is 29.3 Å². The van der Waals surface area contributed by atoms with Gasteiger partial charge in [-0.25, -0.2) is 0 Å². The largest absolute Gasteiger partial charge is 0.313 e. The second-order valence-corrected chi connectivity index (χ2v) is 5.73. The summed E-state index contributed by atoms with van der Waals surface area (Å²) < 4.78 is 0. The molecule has 1 nitrogen and oxygen atoms in total. The molecule has 82 valence electrons. The van der Waals surface area contributed by atoms with Crippen LogP contribution in [0.4, 0.5) is 0 Å². The van der Waals surface area contributed by atoms with Crippen LogP contribution in [0.25, 0.3) is 0 Å². The van der Waals surface area contributed by atoms with Gasteiger partial charge in [-0.2, -0.15) is 11.8 Å². The van der Waals surface area contributed by atoms with Crippen LogP contribution in [0.1, 0.15) is 23.6 Å². The van der Waals surface area contributed by atoms with Crippen LogP contribution in [0.5, 0.6) is 0 Å². The van der Waals surface area contributed by atoms with Gasteiger partial charge >= 0.3 is 0 Å². The van der Waals surface area contributed by atoms with E-state index < -0.39 is 0 Å². The van der Waals surface area contributed by atoms with Crippen LogP contribution in [0, 0.1) is 0 Å². The summed E-state index contributed by atoms with van der Waals surface area (Å²) in [5.41, 5.74) is 3.02. The standard InChI is InChI=1S/C12H17NS2/c1-13-12-5-6-15-8-9-3-4-10(14-2)7-11(9)12/h3-4,7,12-13H,5-6,8H2,1-2H3. The Bertz CT molecular complexity index is 338. The predicted molar refractivity (Wildman–Crippen MR) is 70.8 cm³/mol. The maximum Gasteiger partial charge on any atom is 0.0328 e. The van der Waals surface area contributed by atoms with Gasteiger partial charge in [0.1, 0.15) is 0 Å². The van der Waals surface area contributed by atoms with Crippen molar-refractivity contribution in [1.82, 2.24) is 5.32 Å². The van der Waals surface area contributed by atoms with E-state index in [1.807, 2.05) is 23.5 Å². The normalized spacial score (nSPS) is 20.8. The average Bonchev–Trinajstić information content (AvgIpc) is 2.49. The van der Waals surface area contributed by atoms with Crippen LogP contribution < -0.4 is 5.32 Å². The van der Waals surface area contributed by atoms with Gasteiger partial charge in [-0.1, -0.05) is 6.07 Å². The summed E-state index contributed by atoms with van der Waals surface area (Å²) in [4.78, 5) is 1.38. The Morgan fingerprint density at radius 3 is 3.07 bits per heavy atom. The quantitative estimate of drug-likeness (QED) is 0.795. The molecule has 0 aliphatic carbocycles. The molecule has 1 aliphatic rings. The van der Waals surface area contributed by atoms with Gasteiger partial charge < -0.3 is 5.32 Å². The molecule has 15 heavy (non-hydrogen) atoms. The van der Waals surface area contributed by atoms with E-state index in [0.29, 0.717) is 6.04 Å². The average molecular weight is 239 g/mol. The van der Waals surface area contributed by atoms with Crippen LogP contribution in [-0.4, -0.2) is 19.1 Å². The number of hydrogen-bond donors (Lipinski definition) is 1. The van der Waals surface area contributed by atoms with Gasteiger partial charge in [0.25, 0.3) is 0 Å². The third-order valence-electron chi connectivity index (χ3n) is 2.89. The summed E-state index contributed by atoms with van der Waals surface area (Å²) in [6.07, 6.45) is 3.38. The molecule has 1 aromatic carbocycles. The van der Waals surface area contributed by atoms with Gasteiger partial charge in [0.2, 0.25) is 0 Å². The lowest BCUT2D eigenvalue weighted by atomic mass is 10.00. The molecular formula is C12H17NS2. The topological polar surface area (TPSA) is 12.0 Å². The van der Waals surface area contributed by atoms with Crippen LogP contribution in [0.15, 0.2) is 23.1 Å². The van der Waals surface area contributed by atoms with E-state index in [2.05, 4.69) is 36.8 Å². The smallest absolute Gasteiger partial charge is 0.0328 e. The highest BCUT2D eigenvalue weighted by molar-refractivity contribution is 7.98. The maximum atomic E-state index is 3.43. The molecule has 2 rings (SSSR count). The molecular weight excluding hydrogens is 222 g/mol. The minimum Gasteiger partial charge on any atom is -0.313 e. The Hall–Kier alpha value is -0.120. The molecule has 0 saturated carbocycles. The SMILES string of the molecule is CNC1CCSCc2ccc(SC)cc21. The molecule has 3 heteroatoms. The van der Waals surface area contributed by atoms with Gasteiger partial charge in [-0.05, 0) is 48.7 Å². The van der Waals surface area contributed by atoms with Crippen LogP contribution >= 0.6 is 23.5 Å². The number of rotatable bonds is 2. The summed E-state index contributed by atoms with van der Waals surface area (Å²) in [5, 5.41) is 3.43. The molecule has 1 N–H and O–H groups in total. The number of fused-ring (bicyclic) bond motifs is 1. The van der Waals surface area contributed by atoms with Gasteiger partial charge in [-0.3, -0.25) is 0 Å². The number of benzene rings is 1. The summed E-state index contributed by atoms with van der Waals surface area (Å²) >= 11 is 3.87. The molecule has 1 atom stereocenters. The Morgan fingerprint density at radius 1 is 1.47 bits per heavy atom. The van der Waals surface area contributed by atoms with E-state index in [4.69, 9.17) is 0 Å². The summed E-state index contributed by atoms with van der Waals surface area (Å²) in [6, 6.07) is 7.43. The highest BCUT2D eigenvalue weighted by Gasteiger charge is 2.17. The Balaban J connectivity index is 2.38. The second-order valence-electron chi connectivity index (χ2n) is 3.75. The van der Waals surface area contributed by atoms with Crippen molar-refractivity contribution in [2.75, 3.05) is 19.1 Å². The monoisotopic (exact) mass is 239 g/mol. The minimum absolute atomic E-state index is 0.544. The minimum atomic E-state index is 0.544. The molecule has 0 bridgehead atoms. The molecule has 1 aliphatic heterocycles. The lowest BCUT2D eigenvalue weighted by molar-refractivity contribution is 0.580. The zero-order chi connectivity index (χ0) is 10.7. The van der Waals surface area contributed by atoms with E-state index in [-0.39, 0.29) is 0 Å². The number of thioether (sulfide) groups is 2. The third kappa shape index (κ3) is 2.52. The van der Waals surface area contributed by atoms with E-state index >= 15 is 0 Å². The summed E-state index contributed by atoms with van der Waals surface area (Å²) in [5.74, 6) is 2.43. The van der Waals surface area contributed by atoms with E-state index in [0.717, 1.165) is 0 Å². The zero-order valence-electron chi connectivity index (χ0n) is 9.25. The summed E-state index contributed by atoms with van der Waals surface area (Å²) in [6.45, 7) is 0. The van der Waals surface area contributed by atoms with Gasteiger partial charge in [0.05, 0.1) is 0 Å². The predicted octanol–water partition coefficient (Wildman–Crippen LogP) is 3.31. The zero-order valence-corrected chi connectivity index (χ0v) is 10.9. The highest BCUT2D eigenvalue weighted by atomic mass is 32.2. The molecule has 0 spiro atoms. The van der Waals surface area contributed by atoms with E-state index in [1.54, 1.807) is 0 Å². The Kier molecular flexibility index (Phi) is 4.00. The van der Waals surface area contributed by atoms with Gasteiger partial charge in [0, 0.05) is 16.7 Å². The van der Waals surface area contributed by atoms with E-state index in [9.17, 15) is 0 Å². The highest BCUT2D eigenvalue weighted by Crippen LogP contribution is 2.32. The van der Waals surface area contributed by atoms with Crippen molar-refractivity contribution in [1.29, 1.82) is 0 Å². The first-order chi connectivity index (χ1) is 7.35. The van der Waals surface area contributed by atoms with Crippen LogP contribution in [0.2, 0.25) is 0 Å². The van der Waals surface area contributed by atoms with Crippen LogP contribution in [-0.2, 0) is 5.75 Å². The fraction of sp³-hybridized carbons (Fsp3) is 0.500. The number of hydrogen-bond acceptors (Lipinski definition) is 3. The van der Waals surface area contributed by atoms with Crippen molar-refractivity contribution in [3.63, 3.8) is 0 Å².